The molecule has 3 heterocycles. The van der Waals surface area contributed by atoms with Crippen LogP contribution in [0.25, 0.3) is 0 Å². The standard InChI is InChI=1S/C18H19N3O2/c22-17(16-10-19-6-7-20-16)21-11-18(12-21)9-15(23-13-18)8-14-4-2-1-3-5-14/h1-7,10,15H,8-9,11-13H2/t15-/m1/s1. The number of aromatic nitrogens is 2. The van der Waals surface area contributed by atoms with Crippen molar-refractivity contribution in [1.29, 1.82) is 0 Å². The first-order valence-corrected chi connectivity index (χ1v) is 7.95. The minimum atomic E-state index is -0.0322. The molecule has 0 saturated carbocycles. The van der Waals surface area contributed by atoms with Crippen LogP contribution in [0.4, 0.5) is 0 Å². The Balaban J connectivity index is 1.34. The lowest BCUT2D eigenvalue weighted by molar-refractivity contribution is -0.00175. The molecule has 2 aliphatic rings. The Kier molecular flexibility index (Phi) is 3.58. The molecule has 118 valence electrons. The number of hydrogen-bond acceptors (Lipinski definition) is 4. The summed E-state index contributed by atoms with van der Waals surface area (Å²) in [5, 5.41) is 0. The van der Waals surface area contributed by atoms with Crippen molar-refractivity contribution in [3.05, 3.63) is 60.2 Å². The van der Waals surface area contributed by atoms with E-state index < -0.39 is 0 Å². The van der Waals surface area contributed by atoms with Crippen molar-refractivity contribution in [2.24, 2.45) is 5.41 Å². The highest BCUT2D eigenvalue weighted by atomic mass is 16.5. The lowest BCUT2D eigenvalue weighted by atomic mass is 9.77. The van der Waals surface area contributed by atoms with Crippen LogP contribution in [-0.4, -0.2) is 46.6 Å². The molecule has 2 saturated heterocycles. The summed E-state index contributed by atoms with van der Waals surface area (Å²) in [6.07, 6.45) is 6.88. The van der Waals surface area contributed by atoms with E-state index in [1.165, 1.54) is 11.8 Å². The largest absolute Gasteiger partial charge is 0.377 e. The van der Waals surface area contributed by atoms with Crippen molar-refractivity contribution in [2.75, 3.05) is 19.7 Å². The Morgan fingerprint density at radius 1 is 1.26 bits per heavy atom. The summed E-state index contributed by atoms with van der Waals surface area (Å²) in [6.45, 7) is 2.26. The highest BCUT2D eigenvalue weighted by molar-refractivity contribution is 5.92. The fraction of sp³-hybridized carbons (Fsp3) is 0.389. The molecule has 2 fully saturated rings. The number of carbonyl (C=O) groups excluding carboxylic acids is 1. The molecule has 0 aliphatic carbocycles. The molecule has 1 amide bonds. The molecule has 1 aromatic carbocycles. The Labute approximate surface area is 135 Å². The smallest absolute Gasteiger partial charge is 0.274 e. The zero-order valence-electron chi connectivity index (χ0n) is 12.9. The summed E-state index contributed by atoms with van der Waals surface area (Å²) in [5.41, 5.74) is 1.86. The van der Waals surface area contributed by atoms with Crippen LogP contribution in [0, 0.1) is 5.41 Å². The van der Waals surface area contributed by atoms with Crippen LogP contribution in [0.5, 0.6) is 0 Å². The van der Waals surface area contributed by atoms with Crippen molar-refractivity contribution in [3.8, 4) is 0 Å². The van der Waals surface area contributed by atoms with Crippen LogP contribution in [0.2, 0.25) is 0 Å². The van der Waals surface area contributed by atoms with Gasteiger partial charge in [0, 0.05) is 30.9 Å². The summed E-state index contributed by atoms with van der Waals surface area (Å²) >= 11 is 0. The van der Waals surface area contributed by atoms with Crippen LogP contribution in [0.3, 0.4) is 0 Å². The van der Waals surface area contributed by atoms with Gasteiger partial charge in [0.15, 0.2) is 0 Å². The fourth-order valence-corrected chi connectivity index (χ4v) is 3.60. The lowest BCUT2D eigenvalue weighted by Crippen LogP contribution is -2.59. The normalized spacial score (nSPS) is 22.1. The third-order valence-electron chi connectivity index (χ3n) is 4.71. The van der Waals surface area contributed by atoms with Gasteiger partial charge in [0.1, 0.15) is 5.69 Å². The van der Waals surface area contributed by atoms with E-state index >= 15 is 0 Å². The number of likely N-dealkylation sites (tertiary alicyclic amines) is 1. The first-order valence-electron chi connectivity index (χ1n) is 7.95. The molecule has 0 unspecified atom stereocenters. The molecule has 23 heavy (non-hydrogen) atoms. The van der Waals surface area contributed by atoms with Crippen LogP contribution < -0.4 is 0 Å². The van der Waals surface area contributed by atoms with E-state index in [-0.39, 0.29) is 17.4 Å². The predicted molar refractivity (Wildman–Crippen MR) is 84.9 cm³/mol. The molecular formula is C18H19N3O2. The monoisotopic (exact) mass is 309 g/mol. The summed E-state index contributed by atoms with van der Waals surface area (Å²) in [6, 6.07) is 10.4. The van der Waals surface area contributed by atoms with Gasteiger partial charge in [-0.05, 0) is 18.4 Å². The molecule has 1 atom stereocenters. The average Bonchev–Trinajstić information content (AvgIpc) is 2.99. The number of benzene rings is 1. The number of nitrogens with zero attached hydrogens (tertiary/aromatic N) is 3. The summed E-state index contributed by atoms with van der Waals surface area (Å²) in [7, 11) is 0. The molecule has 2 aliphatic heterocycles. The number of amides is 1. The summed E-state index contributed by atoms with van der Waals surface area (Å²) in [5.74, 6) is -0.0322. The lowest BCUT2D eigenvalue weighted by Gasteiger charge is -2.47. The molecule has 4 rings (SSSR count). The van der Waals surface area contributed by atoms with Crippen molar-refractivity contribution >= 4 is 5.91 Å². The van der Waals surface area contributed by atoms with Crippen molar-refractivity contribution < 1.29 is 9.53 Å². The minimum Gasteiger partial charge on any atom is -0.377 e. The van der Waals surface area contributed by atoms with E-state index in [0.29, 0.717) is 5.69 Å². The number of hydrogen-bond donors (Lipinski definition) is 0. The molecule has 1 aromatic heterocycles. The topological polar surface area (TPSA) is 55.3 Å². The van der Waals surface area contributed by atoms with Crippen LogP contribution in [-0.2, 0) is 11.2 Å². The second kappa shape index (κ2) is 5.74. The van der Waals surface area contributed by atoms with Gasteiger partial charge in [0.2, 0.25) is 0 Å². The SMILES string of the molecule is O=C(c1cnccn1)N1CC2(CO[C@H](Cc3ccccc3)C2)C1. The highest BCUT2D eigenvalue weighted by Gasteiger charge is 2.50. The third kappa shape index (κ3) is 2.84. The van der Waals surface area contributed by atoms with Gasteiger partial charge in [-0.1, -0.05) is 30.3 Å². The van der Waals surface area contributed by atoms with Gasteiger partial charge < -0.3 is 9.64 Å². The Morgan fingerprint density at radius 2 is 2.09 bits per heavy atom. The Hall–Kier alpha value is -2.27. The zero-order valence-corrected chi connectivity index (χ0v) is 12.9. The number of carbonyl (C=O) groups is 1. The van der Waals surface area contributed by atoms with Gasteiger partial charge in [0.05, 0.1) is 18.9 Å². The highest BCUT2D eigenvalue weighted by Crippen LogP contribution is 2.42. The Bertz CT molecular complexity index is 684. The van der Waals surface area contributed by atoms with Gasteiger partial charge in [0.25, 0.3) is 5.91 Å². The number of rotatable bonds is 3. The fourth-order valence-electron chi connectivity index (χ4n) is 3.60. The summed E-state index contributed by atoms with van der Waals surface area (Å²) in [4.78, 5) is 22.2. The first-order chi connectivity index (χ1) is 11.2. The van der Waals surface area contributed by atoms with Gasteiger partial charge in [-0.25, -0.2) is 4.98 Å². The third-order valence-corrected chi connectivity index (χ3v) is 4.71. The quantitative estimate of drug-likeness (QED) is 0.869. The number of ether oxygens (including phenoxy) is 1. The maximum absolute atomic E-state index is 12.3. The van der Waals surface area contributed by atoms with E-state index in [1.807, 2.05) is 11.0 Å². The van der Waals surface area contributed by atoms with Crippen molar-refractivity contribution in [3.63, 3.8) is 0 Å². The van der Waals surface area contributed by atoms with Gasteiger partial charge in [-0.3, -0.25) is 9.78 Å². The van der Waals surface area contributed by atoms with Crippen molar-refractivity contribution in [1.82, 2.24) is 14.9 Å². The van der Waals surface area contributed by atoms with Gasteiger partial charge in [-0.15, -0.1) is 0 Å². The maximum Gasteiger partial charge on any atom is 0.274 e. The van der Waals surface area contributed by atoms with E-state index in [0.717, 1.165) is 32.5 Å². The minimum absolute atomic E-state index is 0.0322. The van der Waals surface area contributed by atoms with Gasteiger partial charge in [-0.2, -0.15) is 0 Å². The first kappa shape index (κ1) is 14.3. The second-order valence-electron chi connectivity index (χ2n) is 6.58. The Morgan fingerprint density at radius 3 is 2.83 bits per heavy atom. The second-order valence-corrected chi connectivity index (χ2v) is 6.58. The summed E-state index contributed by atoms with van der Waals surface area (Å²) < 4.78 is 5.98. The zero-order chi connectivity index (χ0) is 15.7. The van der Waals surface area contributed by atoms with E-state index in [4.69, 9.17) is 4.74 Å². The molecule has 5 nitrogen and oxygen atoms in total. The maximum atomic E-state index is 12.3. The molecule has 0 radical (unpaired) electrons. The van der Waals surface area contributed by atoms with Crippen LogP contribution in [0.1, 0.15) is 22.5 Å². The predicted octanol–water partition coefficient (Wildman–Crippen LogP) is 1.95. The van der Waals surface area contributed by atoms with Crippen LogP contribution in [0.15, 0.2) is 48.9 Å². The molecule has 5 heteroatoms. The van der Waals surface area contributed by atoms with E-state index in [9.17, 15) is 4.79 Å². The van der Waals surface area contributed by atoms with Crippen molar-refractivity contribution in [2.45, 2.75) is 18.9 Å². The molecule has 2 aromatic rings. The van der Waals surface area contributed by atoms with Gasteiger partial charge >= 0.3 is 0 Å². The molecular weight excluding hydrogens is 290 g/mol. The van der Waals surface area contributed by atoms with E-state index in [2.05, 4.69) is 34.2 Å². The van der Waals surface area contributed by atoms with E-state index in [1.54, 1.807) is 12.4 Å². The van der Waals surface area contributed by atoms with Crippen LogP contribution >= 0.6 is 0 Å². The molecule has 0 bridgehead atoms. The average molecular weight is 309 g/mol. The molecule has 1 spiro atoms. The molecule has 0 N–H and O–H groups in total.